The first kappa shape index (κ1) is 14.8. The van der Waals surface area contributed by atoms with E-state index in [4.69, 9.17) is 11.6 Å². The molecule has 1 fully saturated rings. The van der Waals surface area contributed by atoms with Crippen molar-refractivity contribution < 1.29 is 10.2 Å². The van der Waals surface area contributed by atoms with Gasteiger partial charge >= 0.3 is 0 Å². The molecule has 0 radical (unpaired) electrons. The summed E-state index contributed by atoms with van der Waals surface area (Å²) in [6.07, 6.45) is 1.48. The summed E-state index contributed by atoms with van der Waals surface area (Å²) < 4.78 is 0. The Kier molecular flexibility index (Phi) is 4.51. The van der Waals surface area contributed by atoms with Crippen molar-refractivity contribution >= 4 is 11.6 Å². The van der Waals surface area contributed by atoms with Crippen LogP contribution in [-0.2, 0) is 0 Å². The molecule has 2 atom stereocenters. The van der Waals surface area contributed by atoms with Crippen LogP contribution in [0.3, 0.4) is 0 Å². The Balaban J connectivity index is 2.04. The molecule has 0 bridgehead atoms. The van der Waals surface area contributed by atoms with E-state index in [0.717, 1.165) is 24.9 Å². The second-order valence-corrected chi connectivity index (χ2v) is 6.31. The Labute approximate surface area is 119 Å². The molecule has 1 aliphatic heterocycles. The quantitative estimate of drug-likeness (QED) is 0.893. The molecule has 1 heterocycles. The van der Waals surface area contributed by atoms with Gasteiger partial charge in [-0.15, -0.1) is 0 Å². The van der Waals surface area contributed by atoms with Gasteiger partial charge in [0.1, 0.15) is 0 Å². The van der Waals surface area contributed by atoms with Crippen molar-refractivity contribution in [2.24, 2.45) is 0 Å². The van der Waals surface area contributed by atoms with E-state index in [1.807, 2.05) is 26.0 Å². The van der Waals surface area contributed by atoms with E-state index in [0.29, 0.717) is 11.6 Å². The number of rotatable bonds is 4. The Hall–Kier alpha value is -0.610. The van der Waals surface area contributed by atoms with E-state index in [1.165, 1.54) is 0 Å². The van der Waals surface area contributed by atoms with Crippen LogP contribution in [0, 0.1) is 0 Å². The first-order valence-electron chi connectivity index (χ1n) is 6.78. The molecule has 0 aliphatic carbocycles. The zero-order valence-electron chi connectivity index (χ0n) is 11.5. The van der Waals surface area contributed by atoms with Gasteiger partial charge in [0.25, 0.3) is 0 Å². The van der Waals surface area contributed by atoms with Crippen LogP contribution in [0.2, 0.25) is 5.02 Å². The first-order valence-corrected chi connectivity index (χ1v) is 7.15. The lowest BCUT2D eigenvalue weighted by Crippen LogP contribution is -2.46. The van der Waals surface area contributed by atoms with Crippen molar-refractivity contribution in [1.29, 1.82) is 0 Å². The van der Waals surface area contributed by atoms with Crippen LogP contribution in [0.5, 0.6) is 0 Å². The SMILES string of the molecule is CC(C)(O)C1CCCN1CC(O)c1cccc(Cl)c1. The molecule has 0 amide bonds. The molecule has 1 aliphatic rings. The molecule has 0 saturated carbocycles. The smallest absolute Gasteiger partial charge is 0.0917 e. The number of hydrogen-bond acceptors (Lipinski definition) is 3. The number of benzene rings is 1. The first-order chi connectivity index (χ1) is 8.88. The van der Waals surface area contributed by atoms with E-state index >= 15 is 0 Å². The summed E-state index contributed by atoms with van der Waals surface area (Å²) in [5.74, 6) is 0. The molecule has 1 aromatic rings. The van der Waals surface area contributed by atoms with Gasteiger partial charge in [-0.3, -0.25) is 4.90 Å². The molecule has 1 aromatic carbocycles. The Morgan fingerprint density at radius 1 is 1.47 bits per heavy atom. The average molecular weight is 284 g/mol. The van der Waals surface area contributed by atoms with Crippen LogP contribution in [0.15, 0.2) is 24.3 Å². The summed E-state index contributed by atoms with van der Waals surface area (Å²) >= 11 is 5.94. The maximum atomic E-state index is 10.3. The molecule has 2 N–H and O–H groups in total. The van der Waals surface area contributed by atoms with Gasteiger partial charge in [0.05, 0.1) is 11.7 Å². The number of aliphatic hydroxyl groups is 2. The Bertz CT molecular complexity index is 430. The summed E-state index contributed by atoms with van der Waals surface area (Å²) in [5, 5.41) is 21.1. The van der Waals surface area contributed by atoms with Gasteiger partial charge in [0, 0.05) is 17.6 Å². The second kappa shape index (κ2) is 5.80. The fraction of sp³-hybridized carbons (Fsp3) is 0.600. The summed E-state index contributed by atoms with van der Waals surface area (Å²) in [5.41, 5.74) is 0.0961. The summed E-state index contributed by atoms with van der Waals surface area (Å²) in [6.45, 7) is 5.13. The largest absolute Gasteiger partial charge is 0.389 e. The van der Waals surface area contributed by atoms with E-state index in [1.54, 1.807) is 12.1 Å². The van der Waals surface area contributed by atoms with Crippen molar-refractivity contribution in [3.63, 3.8) is 0 Å². The predicted molar refractivity (Wildman–Crippen MR) is 77.3 cm³/mol. The highest BCUT2D eigenvalue weighted by molar-refractivity contribution is 6.30. The normalized spacial score (nSPS) is 22.7. The molecule has 0 spiro atoms. The molecular weight excluding hydrogens is 262 g/mol. The number of aliphatic hydroxyl groups excluding tert-OH is 1. The summed E-state index contributed by atoms with van der Waals surface area (Å²) in [6, 6.07) is 7.43. The highest BCUT2D eigenvalue weighted by atomic mass is 35.5. The molecule has 1 saturated heterocycles. The van der Waals surface area contributed by atoms with Crippen LogP contribution in [-0.4, -0.2) is 39.8 Å². The lowest BCUT2D eigenvalue weighted by atomic mass is 9.96. The fourth-order valence-electron chi connectivity index (χ4n) is 2.89. The van der Waals surface area contributed by atoms with Crippen LogP contribution < -0.4 is 0 Å². The third-order valence-electron chi connectivity index (χ3n) is 3.82. The molecule has 4 heteroatoms. The topological polar surface area (TPSA) is 43.7 Å². The van der Waals surface area contributed by atoms with Crippen molar-refractivity contribution in [3.05, 3.63) is 34.9 Å². The van der Waals surface area contributed by atoms with E-state index in [-0.39, 0.29) is 6.04 Å². The minimum Gasteiger partial charge on any atom is -0.389 e. The van der Waals surface area contributed by atoms with Crippen molar-refractivity contribution in [2.75, 3.05) is 13.1 Å². The molecular formula is C15H22ClNO2. The zero-order valence-corrected chi connectivity index (χ0v) is 12.3. The molecule has 106 valence electrons. The van der Waals surface area contributed by atoms with Gasteiger partial charge in [0.15, 0.2) is 0 Å². The van der Waals surface area contributed by atoms with Gasteiger partial charge in [-0.25, -0.2) is 0 Å². The molecule has 2 unspecified atom stereocenters. The third kappa shape index (κ3) is 3.69. The standard InChI is InChI=1S/C15H22ClNO2/c1-15(2,19)14-7-4-8-17(14)10-13(18)11-5-3-6-12(16)9-11/h3,5-6,9,13-14,18-19H,4,7-8,10H2,1-2H3. The highest BCUT2D eigenvalue weighted by Gasteiger charge is 2.36. The monoisotopic (exact) mass is 283 g/mol. The van der Waals surface area contributed by atoms with Gasteiger partial charge in [-0.05, 0) is 50.9 Å². The fourth-order valence-corrected chi connectivity index (χ4v) is 3.08. The number of likely N-dealkylation sites (tertiary alicyclic amines) is 1. The minimum absolute atomic E-state index is 0.112. The summed E-state index contributed by atoms with van der Waals surface area (Å²) in [7, 11) is 0. The van der Waals surface area contributed by atoms with Crippen LogP contribution in [0.1, 0.15) is 38.4 Å². The van der Waals surface area contributed by atoms with Gasteiger partial charge < -0.3 is 10.2 Å². The van der Waals surface area contributed by atoms with Crippen LogP contribution in [0.25, 0.3) is 0 Å². The molecule has 3 nitrogen and oxygen atoms in total. The van der Waals surface area contributed by atoms with Crippen molar-refractivity contribution in [2.45, 2.75) is 44.4 Å². The third-order valence-corrected chi connectivity index (χ3v) is 4.06. The number of halogens is 1. The van der Waals surface area contributed by atoms with E-state index < -0.39 is 11.7 Å². The van der Waals surface area contributed by atoms with Gasteiger partial charge in [0.2, 0.25) is 0 Å². The van der Waals surface area contributed by atoms with E-state index in [2.05, 4.69) is 4.90 Å². The van der Waals surface area contributed by atoms with Crippen molar-refractivity contribution in [3.8, 4) is 0 Å². The maximum Gasteiger partial charge on any atom is 0.0917 e. The zero-order chi connectivity index (χ0) is 14.0. The minimum atomic E-state index is -0.732. The average Bonchev–Trinajstić information content (AvgIpc) is 2.77. The molecule has 19 heavy (non-hydrogen) atoms. The predicted octanol–water partition coefficient (Wildman–Crippen LogP) is 2.61. The highest BCUT2D eigenvalue weighted by Crippen LogP contribution is 2.29. The Morgan fingerprint density at radius 3 is 2.84 bits per heavy atom. The lowest BCUT2D eigenvalue weighted by Gasteiger charge is -2.35. The molecule has 0 aromatic heterocycles. The maximum absolute atomic E-state index is 10.3. The van der Waals surface area contributed by atoms with Gasteiger partial charge in [-0.1, -0.05) is 23.7 Å². The van der Waals surface area contributed by atoms with Gasteiger partial charge in [-0.2, -0.15) is 0 Å². The Morgan fingerprint density at radius 2 is 2.21 bits per heavy atom. The number of β-amino-alcohol motifs (C(OH)–C–C–N with tert-alkyl or cyclic N) is 1. The van der Waals surface area contributed by atoms with Crippen LogP contribution in [0.4, 0.5) is 0 Å². The van der Waals surface area contributed by atoms with Crippen molar-refractivity contribution in [1.82, 2.24) is 4.90 Å². The summed E-state index contributed by atoms with van der Waals surface area (Å²) in [4.78, 5) is 2.17. The number of hydrogen-bond donors (Lipinski definition) is 2. The number of nitrogens with zero attached hydrogens (tertiary/aromatic N) is 1. The second-order valence-electron chi connectivity index (χ2n) is 5.88. The molecule has 2 rings (SSSR count). The lowest BCUT2D eigenvalue weighted by molar-refractivity contribution is -0.0160. The van der Waals surface area contributed by atoms with Crippen LogP contribution >= 0.6 is 11.6 Å². The van der Waals surface area contributed by atoms with E-state index in [9.17, 15) is 10.2 Å².